The fraction of sp³-hybridized carbons (Fsp3) is 0.240. The van der Waals surface area contributed by atoms with Crippen LogP contribution in [0.5, 0.6) is 0 Å². The number of likely N-dealkylation sites (tertiary alicyclic amines) is 1. The van der Waals surface area contributed by atoms with Crippen LogP contribution in [-0.2, 0) is 13.1 Å². The first-order valence-electron chi connectivity index (χ1n) is 10.7. The molecule has 5 rings (SSSR count). The minimum Gasteiger partial charge on any atom is -0.348 e. The fourth-order valence-corrected chi connectivity index (χ4v) is 4.17. The normalized spacial score (nSPS) is 16.6. The van der Waals surface area contributed by atoms with Crippen molar-refractivity contribution in [1.82, 2.24) is 25.0 Å². The van der Waals surface area contributed by atoms with Crippen molar-refractivity contribution in [3.05, 3.63) is 95.8 Å². The molecule has 1 aliphatic rings. The van der Waals surface area contributed by atoms with Crippen molar-refractivity contribution in [3.63, 3.8) is 0 Å². The van der Waals surface area contributed by atoms with E-state index in [1.807, 2.05) is 35.0 Å². The minimum atomic E-state index is -0.0724. The van der Waals surface area contributed by atoms with Gasteiger partial charge in [0.15, 0.2) is 5.65 Å². The second-order valence-corrected chi connectivity index (χ2v) is 8.10. The van der Waals surface area contributed by atoms with Crippen LogP contribution in [0.25, 0.3) is 11.0 Å². The Morgan fingerprint density at radius 2 is 1.68 bits per heavy atom. The molecule has 1 amide bonds. The van der Waals surface area contributed by atoms with Gasteiger partial charge in [0.2, 0.25) is 0 Å². The molecule has 1 saturated heterocycles. The predicted molar refractivity (Wildman–Crippen MR) is 121 cm³/mol. The molecule has 2 aromatic heterocycles. The van der Waals surface area contributed by atoms with Crippen molar-refractivity contribution in [2.45, 2.75) is 25.6 Å². The smallest absolute Gasteiger partial charge is 0.253 e. The molecule has 0 aliphatic carbocycles. The highest BCUT2D eigenvalue weighted by atomic mass is 16.1. The quantitative estimate of drug-likeness (QED) is 0.528. The lowest BCUT2D eigenvalue weighted by Crippen LogP contribution is -2.37. The van der Waals surface area contributed by atoms with Crippen LogP contribution in [0.3, 0.4) is 0 Å². The first-order valence-corrected chi connectivity index (χ1v) is 10.7. The minimum absolute atomic E-state index is 0.0724. The van der Waals surface area contributed by atoms with Gasteiger partial charge >= 0.3 is 0 Å². The maximum atomic E-state index is 12.8. The summed E-state index contributed by atoms with van der Waals surface area (Å²) in [6.45, 7) is 3.43. The molecule has 0 spiro atoms. The molecule has 1 aliphatic heterocycles. The van der Waals surface area contributed by atoms with Crippen molar-refractivity contribution in [2.75, 3.05) is 13.1 Å². The zero-order chi connectivity index (χ0) is 21.0. The van der Waals surface area contributed by atoms with Crippen LogP contribution in [0, 0.1) is 0 Å². The molecule has 3 heterocycles. The maximum absolute atomic E-state index is 12.8. The van der Waals surface area contributed by atoms with Gasteiger partial charge in [-0.25, -0.2) is 9.67 Å². The van der Waals surface area contributed by atoms with E-state index in [-0.39, 0.29) is 11.9 Å². The van der Waals surface area contributed by atoms with Gasteiger partial charge in [-0.1, -0.05) is 60.7 Å². The lowest BCUT2D eigenvalue weighted by Gasteiger charge is -2.16. The highest BCUT2D eigenvalue weighted by molar-refractivity contribution is 5.97. The monoisotopic (exact) mass is 411 g/mol. The molecule has 1 fully saturated rings. The Balaban J connectivity index is 1.22. The van der Waals surface area contributed by atoms with Gasteiger partial charge in [0.25, 0.3) is 5.91 Å². The molecule has 31 heavy (non-hydrogen) atoms. The molecule has 2 aromatic carbocycles. The van der Waals surface area contributed by atoms with E-state index in [2.05, 4.69) is 56.7 Å². The van der Waals surface area contributed by atoms with Crippen LogP contribution in [-0.4, -0.2) is 44.7 Å². The van der Waals surface area contributed by atoms with E-state index in [0.717, 1.165) is 42.7 Å². The fourth-order valence-electron chi connectivity index (χ4n) is 4.17. The number of fused-ring (bicyclic) bond motifs is 1. The first kappa shape index (κ1) is 19.5. The Hall–Kier alpha value is -3.51. The average Bonchev–Trinajstić information content (AvgIpc) is 3.41. The molecule has 0 radical (unpaired) electrons. The summed E-state index contributed by atoms with van der Waals surface area (Å²) in [5, 5.41) is 8.51. The number of carbonyl (C=O) groups excluding carboxylic acids is 1. The van der Waals surface area contributed by atoms with Gasteiger partial charge in [0, 0.05) is 37.3 Å². The van der Waals surface area contributed by atoms with Gasteiger partial charge in [-0.05, 0) is 23.6 Å². The van der Waals surface area contributed by atoms with E-state index in [0.29, 0.717) is 12.1 Å². The van der Waals surface area contributed by atoms with E-state index in [9.17, 15) is 4.79 Å². The van der Waals surface area contributed by atoms with Crippen LogP contribution in [0.1, 0.15) is 27.9 Å². The number of pyridine rings is 1. The molecule has 0 bridgehead atoms. The van der Waals surface area contributed by atoms with E-state index < -0.39 is 0 Å². The highest BCUT2D eigenvalue weighted by Gasteiger charge is 2.24. The topological polar surface area (TPSA) is 63.1 Å². The van der Waals surface area contributed by atoms with Crippen LogP contribution in [0.4, 0.5) is 0 Å². The Labute approximate surface area is 181 Å². The molecule has 1 unspecified atom stereocenters. The van der Waals surface area contributed by atoms with Crippen LogP contribution in [0.15, 0.2) is 79.1 Å². The summed E-state index contributed by atoms with van der Waals surface area (Å²) >= 11 is 0. The standard InChI is InChI=1S/C25H25N5O/c31-25(28-23-11-12-29(18-23)16-19-7-3-1-4-8-19)22-13-21-15-27-30(24(21)26-14-22)17-20-9-5-2-6-10-20/h1-10,13-15,23H,11-12,16-18H2,(H,28,31). The summed E-state index contributed by atoms with van der Waals surface area (Å²) in [4.78, 5) is 19.7. The lowest BCUT2D eigenvalue weighted by atomic mass is 10.2. The van der Waals surface area contributed by atoms with Crippen molar-refractivity contribution in [3.8, 4) is 0 Å². The van der Waals surface area contributed by atoms with Gasteiger partial charge in [0.1, 0.15) is 0 Å². The largest absolute Gasteiger partial charge is 0.348 e. The number of benzene rings is 2. The third-order valence-corrected chi connectivity index (χ3v) is 5.77. The second-order valence-electron chi connectivity index (χ2n) is 8.10. The van der Waals surface area contributed by atoms with E-state index in [4.69, 9.17) is 0 Å². The van der Waals surface area contributed by atoms with Gasteiger partial charge < -0.3 is 5.32 Å². The summed E-state index contributed by atoms with van der Waals surface area (Å²) in [7, 11) is 0. The Morgan fingerprint density at radius 1 is 0.968 bits per heavy atom. The molecule has 4 aromatic rings. The number of aromatic nitrogens is 3. The lowest BCUT2D eigenvalue weighted by molar-refractivity contribution is 0.0937. The highest BCUT2D eigenvalue weighted by Crippen LogP contribution is 2.17. The molecule has 6 nitrogen and oxygen atoms in total. The molecule has 0 saturated carbocycles. The molecular formula is C25H25N5O. The molecule has 6 heteroatoms. The van der Waals surface area contributed by atoms with Crippen LogP contribution < -0.4 is 5.32 Å². The van der Waals surface area contributed by atoms with Crippen molar-refractivity contribution >= 4 is 16.9 Å². The first-order chi connectivity index (χ1) is 15.2. The Kier molecular flexibility index (Phi) is 5.46. The number of rotatable bonds is 6. The van der Waals surface area contributed by atoms with Gasteiger partial charge in [-0.2, -0.15) is 5.10 Å². The van der Waals surface area contributed by atoms with Gasteiger partial charge in [0.05, 0.1) is 18.3 Å². The van der Waals surface area contributed by atoms with Gasteiger partial charge in [-0.15, -0.1) is 0 Å². The molecule has 1 N–H and O–H groups in total. The Bertz CT molecular complexity index is 1170. The van der Waals surface area contributed by atoms with Gasteiger partial charge in [-0.3, -0.25) is 9.69 Å². The Morgan fingerprint density at radius 3 is 2.42 bits per heavy atom. The van der Waals surface area contributed by atoms with Crippen LogP contribution >= 0.6 is 0 Å². The summed E-state index contributed by atoms with van der Waals surface area (Å²) in [5.74, 6) is -0.0724. The number of nitrogens with one attached hydrogen (secondary N) is 1. The number of carbonyl (C=O) groups is 1. The maximum Gasteiger partial charge on any atom is 0.253 e. The number of hydrogen-bond acceptors (Lipinski definition) is 4. The zero-order valence-corrected chi connectivity index (χ0v) is 17.3. The number of nitrogens with zero attached hydrogens (tertiary/aromatic N) is 4. The number of hydrogen-bond donors (Lipinski definition) is 1. The van der Waals surface area contributed by atoms with E-state index >= 15 is 0 Å². The third-order valence-electron chi connectivity index (χ3n) is 5.77. The molecule has 1 atom stereocenters. The average molecular weight is 412 g/mol. The van der Waals surface area contributed by atoms with E-state index in [1.165, 1.54) is 5.56 Å². The molecule has 156 valence electrons. The summed E-state index contributed by atoms with van der Waals surface area (Å²) < 4.78 is 1.87. The zero-order valence-electron chi connectivity index (χ0n) is 17.3. The third kappa shape index (κ3) is 4.49. The van der Waals surface area contributed by atoms with Crippen molar-refractivity contribution in [2.24, 2.45) is 0 Å². The predicted octanol–water partition coefficient (Wildman–Crippen LogP) is 3.48. The number of amides is 1. The second kappa shape index (κ2) is 8.70. The summed E-state index contributed by atoms with van der Waals surface area (Å²) in [6.07, 6.45) is 4.39. The van der Waals surface area contributed by atoms with Crippen molar-refractivity contribution in [1.29, 1.82) is 0 Å². The molecular weight excluding hydrogens is 386 g/mol. The SMILES string of the molecule is O=C(NC1CCN(Cc2ccccc2)C1)c1cnc2c(cnn2Cc2ccccc2)c1. The summed E-state index contributed by atoms with van der Waals surface area (Å²) in [6, 6.07) is 22.7. The summed E-state index contributed by atoms with van der Waals surface area (Å²) in [5.41, 5.74) is 3.83. The van der Waals surface area contributed by atoms with Crippen LogP contribution in [0.2, 0.25) is 0 Å². The van der Waals surface area contributed by atoms with E-state index in [1.54, 1.807) is 12.4 Å². The van der Waals surface area contributed by atoms with Crippen molar-refractivity contribution < 1.29 is 4.79 Å².